The van der Waals surface area contributed by atoms with E-state index in [2.05, 4.69) is 5.32 Å². The van der Waals surface area contributed by atoms with Crippen LogP contribution >= 0.6 is 0 Å². The van der Waals surface area contributed by atoms with Gasteiger partial charge >= 0.3 is 12.1 Å². The van der Waals surface area contributed by atoms with E-state index in [1.807, 2.05) is 6.07 Å². The van der Waals surface area contributed by atoms with Crippen LogP contribution in [0.3, 0.4) is 0 Å². The van der Waals surface area contributed by atoms with Crippen molar-refractivity contribution < 1.29 is 29.3 Å². The summed E-state index contributed by atoms with van der Waals surface area (Å²) in [6.07, 6.45) is 3.08. The molecule has 8 heteroatoms. The SMILES string of the molecule is N#Cc1ccc(NC(=O)O[C@H](CCC/C=C/C(=O)O)c2ccc(OCCO)cc2)cc1. The molecule has 0 aliphatic carbocycles. The first-order chi connectivity index (χ1) is 15.0. The number of amides is 1. The molecular formula is C23H24N2O6. The molecule has 0 fully saturated rings. The molecule has 1 atom stereocenters. The summed E-state index contributed by atoms with van der Waals surface area (Å²) in [5, 5.41) is 29.0. The second-order valence-corrected chi connectivity index (χ2v) is 6.52. The number of ether oxygens (including phenoxy) is 2. The zero-order valence-electron chi connectivity index (χ0n) is 16.9. The highest BCUT2D eigenvalue weighted by atomic mass is 16.6. The average molecular weight is 424 g/mol. The van der Waals surface area contributed by atoms with Gasteiger partial charge < -0.3 is 19.7 Å². The molecule has 2 rings (SSSR count). The number of nitrogens with zero attached hydrogens (tertiary/aromatic N) is 1. The van der Waals surface area contributed by atoms with Crippen LogP contribution in [0, 0.1) is 11.3 Å². The molecule has 8 nitrogen and oxygen atoms in total. The smallest absolute Gasteiger partial charge is 0.412 e. The van der Waals surface area contributed by atoms with E-state index in [-0.39, 0.29) is 13.2 Å². The predicted octanol–water partition coefficient (Wildman–Crippen LogP) is 4.03. The number of carboxylic acid groups (broad SMARTS) is 1. The maximum absolute atomic E-state index is 12.4. The first-order valence-electron chi connectivity index (χ1n) is 9.72. The average Bonchev–Trinajstić information content (AvgIpc) is 2.77. The number of aliphatic hydroxyl groups excluding tert-OH is 1. The Morgan fingerprint density at radius 1 is 1.13 bits per heavy atom. The monoisotopic (exact) mass is 424 g/mol. The Morgan fingerprint density at radius 2 is 1.84 bits per heavy atom. The van der Waals surface area contributed by atoms with Crippen molar-refractivity contribution in [3.05, 3.63) is 71.8 Å². The molecule has 162 valence electrons. The minimum absolute atomic E-state index is 0.0904. The summed E-state index contributed by atoms with van der Waals surface area (Å²) < 4.78 is 11.0. The third-order valence-corrected chi connectivity index (χ3v) is 4.22. The van der Waals surface area contributed by atoms with Gasteiger partial charge in [0.15, 0.2) is 0 Å². The van der Waals surface area contributed by atoms with Crippen LogP contribution in [-0.4, -0.2) is 35.5 Å². The van der Waals surface area contributed by atoms with Gasteiger partial charge in [-0.25, -0.2) is 9.59 Å². The zero-order chi connectivity index (χ0) is 22.5. The highest BCUT2D eigenvalue weighted by Gasteiger charge is 2.17. The van der Waals surface area contributed by atoms with Crippen LogP contribution < -0.4 is 10.1 Å². The predicted molar refractivity (Wildman–Crippen MR) is 114 cm³/mol. The molecule has 2 aromatic rings. The number of aliphatic hydroxyl groups is 1. The number of allylic oxidation sites excluding steroid dienone is 1. The van der Waals surface area contributed by atoms with Crippen molar-refractivity contribution in [3.8, 4) is 11.8 Å². The second kappa shape index (κ2) is 12.7. The molecule has 0 saturated heterocycles. The van der Waals surface area contributed by atoms with Crippen LogP contribution in [0.25, 0.3) is 0 Å². The maximum atomic E-state index is 12.4. The molecule has 0 heterocycles. The van der Waals surface area contributed by atoms with Crippen molar-refractivity contribution in [1.82, 2.24) is 0 Å². The molecule has 3 N–H and O–H groups in total. The van der Waals surface area contributed by atoms with Gasteiger partial charge in [-0.15, -0.1) is 0 Å². The van der Waals surface area contributed by atoms with Crippen molar-refractivity contribution in [1.29, 1.82) is 5.26 Å². The quantitative estimate of drug-likeness (QED) is 0.367. The van der Waals surface area contributed by atoms with Gasteiger partial charge in [-0.1, -0.05) is 18.2 Å². The number of unbranched alkanes of at least 4 members (excludes halogenated alkanes) is 1. The van der Waals surface area contributed by atoms with Gasteiger partial charge in [0.25, 0.3) is 0 Å². The Kier molecular flexibility index (Phi) is 9.59. The lowest BCUT2D eigenvalue weighted by Crippen LogP contribution is -2.17. The summed E-state index contributed by atoms with van der Waals surface area (Å²) in [6, 6.07) is 15.4. The van der Waals surface area contributed by atoms with Gasteiger partial charge in [-0.05, 0) is 61.2 Å². The number of hydrogen-bond acceptors (Lipinski definition) is 6. The number of carbonyl (C=O) groups is 2. The number of nitriles is 1. The second-order valence-electron chi connectivity index (χ2n) is 6.52. The normalized spacial score (nSPS) is 11.5. The first kappa shape index (κ1) is 23.4. The number of hydrogen-bond donors (Lipinski definition) is 3. The van der Waals surface area contributed by atoms with Gasteiger partial charge in [0.05, 0.1) is 18.2 Å². The number of carbonyl (C=O) groups excluding carboxylic acids is 1. The van der Waals surface area contributed by atoms with Crippen molar-refractivity contribution in [2.45, 2.75) is 25.4 Å². The third-order valence-electron chi connectivity index (χ3n) is 4.22. The lowest BCUT2D eigenvalue weighted by Gasteiger charge is -2.19. The number of nitrogens with one attached hydrogen (secondary N) is 1. The molecule has 31 heavy (non-hydrogen) atoms. The zero-order valence-corrected chi connectivity index (χ0v) is 16.9. The van der Waals surface area contributed by atoms with Crippen LogP contribution in [0.15, 0.2) is 60.7 Å². The van der Waals surface area contributed by atoms with Gasteiger partial charge in [0, 0.05) is 11.8 Å². The van der Waals surface area contributed by atoms with E-state index in [4.69, 9.17) is 24.9 Å². The fourth-order valence-corrected chi connectivity index (χ4v) is 2.75. The van der Waals surface area contributed by atoms with Gasteiger partial charge in [0.1, 0.15) is 18.5 Å². The molecule has 0 aliphatic heterocycles. The Hall–Kier alpha value is -3.83. The number of benzene rings is 2. The van der Waals surface area contributed by atoms with Crippen molar-refractivity contribution in [2.24, 2.45) is 0 Å². The minimum atomic E-state index is -1.01. The summed E-state index contributed by atoms with van der Waals surface area (Å²) in [5.74, 6) is -0.420. The molecule has 0 spiro atoms. The molecule has 0 aromatic heterocycles. The van der Waals surface area contributed by atoms with Crippen LogP contribution in [-0.2, 0) is 9.53 Å². The summed E-state index contributed by atoms with van der Waals surface area (Å²) in [6.45, 7) is 0.0923. The topological polar surface area (TPSA) is 129 Å². The summed E-state index contributed by atoms with van der Waals surface area (Å²) in [7, 11) is 0. The van der Waals surface area contributed by atoms with E-state index >= 15 is 0 Å². The van der Waals surface area contributed by atoms with Crippen molar-refractivity contribution >= 4 is 17.7 Å². The number of carboxylic acids is 1. The van der Waals surface area contributed by atoms with E-state index in [1.165, 1.54) is 0 Å². The lowest BCUT2D eigenvalue weighted by molar-refractivity contribution is -0.131. The molecule has 0 saturated carbocycles. The fraction of sp³-hybridized carbons (Fsp3) is 0.261. The third kappa shape index (κ3) is 8.60. The molecule has 0 unspecified atom stereocenters. The summed E-state index contributed by atoms with van der Waals surface area (Å²) in [5.41, 5.74) is 1.74. The molecular weight excluding hydrogens is 400 g/mol. The van der Waals surface area contributed by atoms with Crippen molar-refractivity contribution in [3.63, 3.8) is 0 Å². The molecule has 1 amide bonds. The fourth-order valence-electron chi connectivity index (χ4n) is 2.75. The van der Waals surface area contributed by atoms with E-state index < -0.39 is 18.2 Å². The highest BCUT2D eigenvalue weighted by molar-refractivity contribution is 5.84. The van der Waals surface area contributed by atoms with Crippen LogP contribution in [0.5, 0.6) is 5.75 Å². The maximum Gasteiger partial charge on any atom is 0.412 e. The molecule has 2 aromatic carbocycles. The van der Waals surface area contributed by atoms with Gasteiger partial charge in [-0.2, -0.15) is 5.26 Å². The molecule has 0 bridgehead atoms. The van der Waals surface area contributed by atoms with E-state index in [0.29, 0.717) is 36.3 Å². The number of aliphatic carboxylic acids is 1. The Labute approximate surface area is 180 Å². The lowest BCUT2D eigenvalue weighted by atomic mass is 10.0. The molecule has 0 aliphatic rings. The Bertz CT molecular complexity index is 917. The van der Waals surface area contributed by atoms with Crippen LogP contribution in [0.2, 0.25) is 0 Å². The highest BCUT2D eigenvalue weighted by Crippen LogP contribution is 2.26. The standard InChI is InChI=1S/C23H24N2O6/c24-16-17-6-10-19(11-7-17)25-23(29)31-21(4-2-1-3-5-22(27)28)18-8-12-20(13-9-18)30-15-14-26/h3,5-13,21,26H,1-2,4,14-15H2,(H,25,29)(H,27,28)/b5-3+/t21-/m1/s1. The summed E-state index contributed by atoms with van der Waals surface area (Å²) >= 11 is 0. The first-order valence-corrected chi connectivity index (χ1v) is 9.72. The van der Waals surface area contributed by atoms with Crippen LogP contribution in [0.1, 0.15) is 36.5 Å². The van der Waals surface area contributed by atoms with Crippen LogP contribution in [0.4, 0.5) is 10.5 Å². The Morgan fingerprint density at radius 3 is 2.45 bits per heavy atom. The van der Waals surface area contributed by atoms with Crippen molar-refractivity contribution in [2.75, 3.05) is 18.5 Å². The van der Waals surface area contributed by atoms with Gasteiger partial charge in [0.2, 0.25) is 0 Å². The van der Waals surface area contributed by atoms with E-state index in [1.54, 1.807) is 54.6 Å². The number of rotatable bonds is 11. The van der Waals surface area contributed by atoms with E-state index in [9.17, 15) is 9.59 Å². The largest absolute Gasteiger partial charge is 0.491 e. The summed E-state index contributed by atoms with van der Waals surface area (Å²) in [4.78, 5) is 23.0. The minimum Gasteiger partial charge on any atom is -0.491 e. The van der Waals surface area contributed by atoms with E-state index in [0.717, 1.165) is 11.6 Å². The van der Waals surface area contributed by atoms with Gasteiger partial charge in [-0.3, -0.25) is 5.32 Å². The number of anilines is 1. The Balaban J connectivity index is 2.03. The molecule has 0 radical (unpaired) electrons.